The lowest BCUT2D eigenvalue weighted by atomic mass is 10.00. The number of rotatable bonds is 8. The number of aldehydes is 1. The maximum atomic E-state index is 10.6. The first-order chi connectivity index (χ1) is 8.71. The Bertz CT molecular complexity index is 340. The molecule has 0 saturated carbocycles. The second kappa shape index (κ2) is 10.4. The van der Waals surface area contributed by atoms with Crippen molar-refractivity contribution in [2.45, 2.75) is 32.7 Å². The topological polar surface area (TPSA) is 46.3 Å². The van der Waals surface area contributed by atoms with E-state index in [9.17, 15) is 4.79 Å². The van der Waals surface area contributed by atoms with Gasteiger partial charge in [-0.1, -0.05) is 30.4 Å². The largest absolute Gasteiger partial charge is 0.403 e. The SMILES string of the molecule is C\C=C/C=C(\C=C/C)C(CCC=O)N(C)/C=C\N. The van der Waals surface area contributed by atoms with E-state index in [4.69, 9.17) is 5.73 Å². The molecule has 0 saturated heterocycles. The Morgan fingerprint density at radius 2 is 2.06 bits per heavy atom. The molecule has 0 aromatic heterocycles. The molecule has 0 bridgehead atoms. The van der Waals surface area contributed by atoms with Crippen molar-refractivity contribution < 1.29 is 4.79 Å². The van der Waals surface area contributed by atoms with Crippen LogP contribution in [0.25, 0.3) is 0 Å². The fourth-order valence-corrected chi connectivity index (χ4v) is 1.75. The summed E-state index contributed by atoms with van der Waals surface area (Å²) in [5.74, 6) is 0. The zero-order valence-electron chi connectivity index (χ0n) is 11.5. The summed E-state index contributed by atoms with van der Waals surface area (Å²) >= 11 is 0. The van der Waals surface area contributed by atoms with E-state index in [1.54, 1.807) is 0 Å². The third kappa shape index (κ3) is 6.09. The minimum Gasteiger partial charge on any atom is -0.403 e. The Kier molecular flexibility index (Phi) is 9.37. The zero-order chi connectivity index (χ0) is 13.8. The Labute approximate surface area is 110 Å². The summed E-state index contributed by atoms with van der Waals surface area (Å²) in [4.78, 5) is 12.6. The van der Waals surface area contributed by atoms with E-state index in [0.29, 0.717) is 6.42 Å². The van der Waals surface area contributed by atoms with Crippen molar-refractivity contribution in [2.24, 2.45) is 5.73 Å². The summed E-state index contributed by atoms with van der Waals surface area (Å²) in [5, 5.41) is 0. The highest BCUT2D eigenvalue weighted by Gasteiger charge is 2.14. The molecule has 0 spiro atoms. The second-order valence-corrected chi connectivity index (χ2v) is 3.96. The van der Waals surface area contributed by atoms with Gasteiger partial charge in [0.25, 0.3) is 0 Å². The first-order valence-corrected chi connectivity index (χ1v) is 6.20. The molecule has 1 atom stereocenters. The molecule has 0 aliphatic carbocycles. The van der Waals surface area contributed by atoms with Crippen molar-refractivity contribution in [2.75, 3.05) is 7.05 Å². The van der Waals surface area contributed by atoms with Gasteiger partial charge in [0.05, 0.1) is 6.04 Å². The van der Waals surface area contributed by atoms with Gasteiger partial charge in [-0.25, -0.2) is 0 Å². The number of carbonyl (C=O) groups excluding carboxylic acids is 1. The van der Waals surface area contributed by atoms with Gasteiger partial charge >= 0.3 is 0 Å². The van der Waals surface area contributed by atoms with Gasteiger partial charge < -0.3 is 15.4 Å². The molecular formula is C15H24N2O. The quantitative estimate of drug-likeness (QED) is 0.530. The first kappa shape index (κ1) is 16.2. The van der Waals surface area contributed by atoms with Crippen LogP contribution in [0.2, 0.25) is 0 Å². The summed E-state index contributed by atoms with van der Waals surface area (Å²) in [6, 6.07) is 0.155. The van der Waals surface area contributed by atoms with E-state index in [0.717, 1.165) is 18.3 Å². The van der Waals surface area contributed by atoms with E-state index in [1.807, 2.05) is 50.2 Å². The molecule has 3 nitrogen and oxygen atoms in total. The summed E-state index contributed by atoms with van der Waals surface area (Å²) in [5.41, 5.74) is 6.59. The lowest BCUT2D eigenvalue weighted by Gasteiger charge is -2.27. The maximum Gasteiger partial charge on any atom is 0.120 e. The molecule has 0 rings (SSSR count). The van der Waals surface area contributed by atoms with E-state index in [1.165, 1.54) is 6.20 Å². The fraction of sp³-hybridized carbons (Fsp3) is 0.400. The summed E-state index contributed by atoms with van der Waals surface area (Å²) in [6.07, 6.45) is 15.7. The van der Waals surface area contributed by atoms with Crippen molar-refractivity contribution in [3.8, 4) is 0 Å². The van der Waals surface area contributed by atoms with Crippen molar-refractivity contribution in [3.05, 3.63) is 48.4 Å². The fourth-order valence-electron chi connectivity index (χ4n) is 1.75. The number of allylic oxidation sites excluding steroid dienone is 4. The third-order valence-corrected chi connectivity index (χ3v) is 2.60. The normalized spacial score (nSPS) is 14.7. The van der Waals surface area contributed by atoms with Gasteiger partial charge in [0.2, 0.25) is 0 Å². The second-order valence-electron chi connectivity index (χ2n) is 3.96. The van der Waals surface area contributed by atoms with E-state index >= 15 is 0 Å². The molecule has 0 aliphatic heterocycles. The Balaban J connectivity index is 5.13. The van der Waals surface area contributed by atoms with E-state index < -0.39 is 0 Å². The van der Waals surface area contributed by atoms with Crippen LogP contribution in [0.5, 0.6) is 0 Å². The van der Waals surface area contributed by atoms with E-state index in [-0.39, 0.29) is 6.04 Å². The molecule has 0 heterocycles. The van der Waals surface area contributed by atoms with Crippen LogP contribution in [0.3, 0.4) is 0 Å². The van der Waals surface area contributed by atoms with Gasteiger partial charge in [0.15, 0.2) is 0 Å². The van der Waals surface area contributed by atoms with E-state index in [2.05, 4.69) is 12.2 Å². The number of carbonyl (C=O) groups is 1. The number of nitrogens with zero attached hydrogens (tertiary/aromatic N) is 1. The molecule has 0 aromatic rings. The average molecular weight is 248 g/mol. The molecule has 18 heavy (non-hydrogen) atoms. The molecular weight excluding hydrogens is 224 g/mol. The van der Waals surface area contributed by atoms with Crippen LogP contribution in [0.15, 0.2) is 48.4 Å². The van der Waals surface area contributed by atoms with Gasteiger partial charge in [-0.3, -0.25) is 0 Å². The highest BCUT2D eigenvalue weighted by atomic mass is 16.1. The Morgan fingerprint density at radius 1 is 1.33 bits per heavy atom. The molecule has 0 radical (unpaired) electrons. The molecule has 2 N–H and O–H groups in total. The standard InChI is InChI=1S/C15H24N2O/c1-4-6-9-14(8-5-2)15(10-7-13-18)17(3)12-11-16/h4-6,8-9,11-13,15H,7,10,16H2,1-3H3/b6-4-,8-5-,12-11-,14-9+. The molecule has 100 valence electrons. The van der Waals surface area contributed by atoms with Crippen LogP contribution in [0.4, 0.5) is 0 Å². The predicted molar refractivity (Wildman–Crippen MR) is 77.9 cm³/mol. The molecule has 0 aromatic carbocycles. The monoisotopic (exact) mass is 248 g/mol. The highest BCUT2D eigenvalue weighted by Crippen LogP contribution is 2.17. The van der Waals surface area contributed by atoms with Crippen LogP contribution in [0, 0.1) is 0 Å². The zero-order valence-corrected chi connectivity index (χ0v) is 11.5. The number of hydrogen-bond acceptors (Lipinski definition) is 3. The van der Waals surface area contributed by atoms with Crippen molar-refractivity contribution >= 4 is 6.29 Å². The molecule has 3 heteroatoms. The number of nitrogens with two attached hydrogens (primary N) is 1. The van der Waals surface area contributed by atoms with Crippen molar-refractivity contribution in [1.29, 1.82) is 0 Å². The summed E-state index contributed by atoms with van der Waals surface area (Å²) in [6.45, 7) is 3.97. The van der Waals surface area contributed by atoms with Crippen LogP contribution in [-0.2, 0) is 4.79 Å². The van der Waals surface area contributed by atoms with Crippen LogP contribution in [0.1, 0.15) is 26.7 Å². The summed E-state index contributed by atoms with van der Waals surface area (Å²) < 4.78 is 0. The minimum absolute atomic E-state index is 0.155. The van der Waals surface area contributed by atoms with Crippen molar-refractivity contribution in [1.82, 2.24) is 4.90 Å². The molecule has 0 amide bonds. The lowest BCUT2D eigenvalue weighted by Crippen LogP contribution is -2.29. The smallest absolute Gasteiger partial charge is 0.120 e. The van der Waals surface area contributed by atoms with Crippen LogP contribution < -0.4 is 5.73 Å². The maximum absolute atomic E-state index is 10.6. The average Bonchev–Trinajstić information content (AvgIpc) is 2.36. The number of likely N-dealkylation sites (N-methyl/N-ethyl adjacent to an activating group) is 1. The summed E-state index contributed by atoms with van der Waals surface area (Å²) in [7, 11) is 1.96. The first-order valence-electron chi connectivity index (χ1n) is 6.20. The van der Waals surface area contributed by atoms with Crippen LogP contribution >= 0.6 is 0 Å². The Hall–Kier alpha value is -1.77. The van der Waals surface area contributed by atoms with Crippen LogP contribution in [-0.4, -0.2) is 24.3 Å². The minimum atomic E-state index is 0.155. The van der Waals surface area contributed by atoms with Gasteiger partial charge in [0.1, 0.15) is 6.29 Å². The van der Waals surface area contributed by atoms with Crippen molar-refractivity contribution in [3.63, 3.8) is 0 Å². The van der Waals surface area contributed by atoms with Gasteiger partial charge in [0, 0.05) is 25.9 Å². The third-order valence-electron chi connectivity index (χ3n) is 2.60. The molecule has 1 unspecified atom stereocenters. The lowest BCUT2D eigenvalue weighted by molar-refractivity contribution is -0.108. The van der Waals surface area contributed by atoms with Gasteiger partial charge in [-0.2, -0.15) is 0 Å². The molecule has 0 fully saturated rings. The molecule has 0 aliphatic rings. The Morgan fingerprint density at radius 3 is 2.56 bits per heavy atom. The predicted octanol–water partition coefficient (Wildman–Crippen LogP) is 2.77. The van der Waals surface area contributed by atoms with Gasteiger partial charge in [-0.15, -0.1) is 0 Å². The highest BCUT2D eigenvalue weighted by molar-refractivity contribution is 5.49. The van der Waals surface area contributed by atoms with Gasteiger partial charge in [-0.05, 0) is 25.8 Å². The number of hydrogen-bond donors (Lipinski definition) is 1.